The van der Waals surface area contributed by atoms with E-state index in [1.807, 2.05) is 0 Å². The Bertz CT molecular complexity index is 557. The lowest BCUT2D eigenvalue weighted by Gasteiger charge is -2.12. The van der Waals surface area contributed by atoms with Gasteiger partial charge in [0, 0.05) is 24.1 Å². The van der Waals surface area contributed by atoms with Crippen molar-refractivity contribution in [2.45, 2.75) is 13.3 Å². The van der Waals surface area contributed by atoms with Crippen molar-refractivity contribution in [2.75, 3.05) is 11.5 Å². The average Bonchev–Trinajstić information content (AvgIpc) is 2.61. The summed E-state index contributed by atoms with van der Waals surface area (Å²) in [5.41, 5.74) is 0.606. The SMILES string of the molecule is CC1CC(=O)N(c2cc(C#CCO)ccn2)C1=O. The highest BCUT2D eigenvalue weighted by molar-refractivity contribution is 6.20. The Kier molecular flexibility index (Phi) is 3.40. The van der Waals surface area contributed by atoms with Crippen LogP contribution in [0.1, 0.15) is 18.9 Å². The molecule has 2 rings (SSSR count). The van der Waals surface area contributed by atoms with Crippen LogP contribution in [0.4, 0.5) is 5.82 Å². The normalized spacial score (nSPS) is 18.8. The van der Waals surface area contributed by atoms with Gasteiger partial charge in [-0.25, -0.2) is 9.88 Å². The van der Waals surface area contributed by atoms with Crippen LogP contribution in [-0.4, -0.2) is 28.5 Å². The van der Waals surface area contributed by atoms with Crippen molar-refractivity contribution in [1.29, 1.82) is 0 Å². The molecule has 18 heavy (non-hydrogen) atoms. The summed E-state index contributed by atoms with van der Waals surface area (Å²) in [6.07, 6.45) is 1.70. The van der Waals surface area contributed by atoms with Crippen molar-refractivity contribution in [1.82, 2.24) is 4.98 Å². The summed E-state index contributed by atoms with van der Waals surface area (Å²) in [6.45, 7) is 1.48. The molecule has 1 atom stereocenters. The second kappa shape index (κ2) is 4.98. The van der Waals surface area contributed by atoms with Gasteiger partial charge in [0.05, 0.1) is 0 Å². The zero-order valence-corrected chi connectivity index (χ0v) is 9.88. The fourth-order valence-electron chi connectivity index (χ4n) is 1.78. The van der Waals surface area contributed by atoms with Crippen LogP contribution in [0.3, 0.4) is 0 Å². The number of anilines is 1. The number of carbonyl (C=O) groups excluding carboxylic acids is 2. The van der Waals surface area contributed by atoms with Gasteiger partial charge in [-0.3, -0.25) is 9.59 Å². The molecule has 2 heterocycles. The van der Waals surface area contributed by atoms with Crippen molar-refractivity contribution >= 4 is 17.6 Å². The smallest absolute Gasteiger partial charge is 0.238 e. The minimum Gasteiger partial charge on any atom is -0.384 e. The summed E-state index contributed by atoms with van der Waals surface area (Å²) in [6, 6.07) is 3.22. The standard InChI is InChI=1S/C13H12N2O3/c1-9-7-12(17)15(13(9)18)11-8-10(3-2-6-16)4-5-14-11/h4-5,8-9,16H,6-7H2,1H3. The number of pyridine rings is 1. The van der Waals surface area contributed by atoms with Gasteiger partial charge in [0.2, 0.25) is 11.8 Å². The first-order valence-electron chi connectivity index (χ1n) is 5.56. The maximum atomic E-state index is 11.8. The lowest BCUT2D eigenvalue weighted by atomic mass is 10.1. The molecule has 5 heteroatoms. The topological polar surface area (TPSA) is 70.5 Å². The van der Waals surface area contributed by atoms with E-state index < -0.39 is 0 Å². The Morgan fingerprint density at radius 2 is 2.33 bits per heavy atom. The molecule has 92 valence electrons. The molecule has 0 radical (unpaired) electrons. The Hall–Kier alpha value is -2.19. The molecular weight excluding hydrogens is 232 g/mol. The first-order valence-corrected chi connectivity index (χ1v) is 5.56. The highest BCUT2D eigenvalue weighted by Crippen LogP contribution is 2.24. The minimum atomic E-state index is -0.300. The Morgan fingerprint density at radius 3 is 2.94 bits per heavy atom. The number of imide groups is 1. The molecule has 5 nitrogen and oxygen atoms in total. The molecular formula is C13H12N2O3. The molecule has 2 amide bonds. The van der Waals surface area contributed by atoms with E-state index in [2.05, 4.69) is 16.8 Å². The summed E-state index contributed by atoms with van der Waals surface area (Å²) in [5, 5.41) is 8.62. The van der Waals surface area contributed by atoms with Crippen molar-refractivity contribution in [3.63, 3.8) is 0 Å². The van der Waals surface area contributed by atoms with Crippen LogP contribution >= 0.6 is 0 Å². The highest BCUT2D eigenvalue weighted by Gasteiger charge is 2.37. The fourth-order valence-corrected chi connectivity index (χ4v) is 1.78. The van der Waals surface area contributed by atoms with Crippen LogP contribution in [0.25, 0.3) is 0 Å². The third-order valence-electron chi connectivity index (χ3n) is 2.66. The van der Waals surface area contributed by atoms with Crippen LogP contribution in [0, 0.1) is 17.8 Å². The van der Waals surface area contributed by atoms with E-state index in [1.54, 1.807) is 19.1 Å². The van der Waals surface area contributed by atoms with Crippen LogP contribution in [0.15, 0.2) is 18.3 Å². The monoisotopic (exact) mass is 244 g/mol. The minimum absolute atomic E-state index is 0.215. The Labute approximate surface area is 104 Å². The molecule has 1 unspecified atom stereocenters. The van der Waals surface area contributed by atoms with Crippen LogP contribution in [0.5, 0.6) is 0 Å². The van der Waals surface area contributed by atoms with Gasteiger partial charge in [0.1, 0.15) is 12.4 Å². The summed E-state index contributed by atoms with van der Waals surface area (Å²) < 4.78 is 0. The van der Waals surface area contributed by atoms with E-state index in [0.29, 0.717) is 11.4 Å². The van der Waals surface area contributed by atoms with Crippen molar-refractivity contribution in [3.05, 3.63) is 23.9 Å². The van der Waals surface area contributed by atoms with Crippen molar-refractivity contribution in [2.24, 2.45) is 5.92 Å². The summed E-state index contributed by atoms with van der Waals surface area (Å²) in [5.74, 6) is 4.72. The molecule has 0 bridgehead atoms. The predicted octanol–water partition coefficient (Wildman–Crippen LogP) is 0.325. The van der Waals surface area contributed by atoms with Crippen LogP contribution in [0.2, 0.25) is 0 Å². The van der Waals surface area contributed by atoms with E-state index in [4.69, 9.17) is 5.11 Å². The van der Waals surface area contributed by atoms with E-state index in [1.165, 1.54) is 6.20 Å². The number of rotatable bonds is 1. The molecule has 1 aliphatic rings. The molecule has 1 N–H and O–H groups in total. The number of amides is 2. The van der Waals surface area contributed by atoms with Gasteiger partial charge >= 0.3 is 0 Å². The third-order valence-corrected chi connectivity index (χ3v) is 2.66. The van der Waals surface area contributed by atoms with E-state index in [0.717, 1.165) is 4.90 Å². The van der Waals surface area contributed by atoms with E-state index in [-0.39, 0.29) is 30.8 Å². The second-order valence-corrected chi connectivity index (χ2v) is 4.04. The molecule has 0 aliphatic carbocycles. The van der Waals surface area contributed by atoms with E-state index in [9.17, 15) is 9.59 Å². The maximum absolute atomic E-state index is 11.8. The Morgan fingerprint density at radius 1 is 1.56 bits per heavy atom. The number of nitrogens with zero attached hydrogens (tertiary/aromatic N) is 2. The van der Waals surface area contributed by atoms with Gasteiger partial charge in [-0.1, -0.05) is 18.8 Å². The number of hydrogen-bond acceptors (Lipinski definition) is 4. The predicted molar refractivity (Wildman–Crippen MR) is 64.5 cm³/mol. The van der Waals surface area contributed by atoms with Crippen molar-refractivity contribution < 1.29 is 14.7 Å². The lowest BCUT2D eigenvalue weighted by Crippen LogP contribution is -2.30. The number of hydrogen-bond donors (Lipinski definition) is 1. The summed E-state index contributed by atoms with van der Waals surface area (Å²) >= 11 is 0. The number of carbonyl (C=O) groups is 2. The molecule has 1 aromatic rings. The molecule has 1 aliphatic heterocycles. The van der Waals surface area contributed by atoms with Gasteiger partial charge in [-0.2, -0.15) is 0 Å². The molecule has 1 fully saturated rings. The second-order valence-electron chi connectivity index (χ2n) is 4.04. The molecule has 1 saturated heterocycles. The largest absolute Gasteiger partial charge is 0.384 e. The first kappa shape index (κ1) is 12.3. The first-order chi connectivity index (χ1) is 8.63. The molecule has 0 aromatic carbocycles. The van der Waals surface area contributed by atoms with Gasteiger partial charge in [0.25, 0.3) is 0 Å². The Balaban J connectivity index is 2.34. The highest BCUT2D eigenvalue weighted by atomic mass is 16.2. The zero-order chi connectivity index (χ0) is 13.1. The zero-order valence-electron chi connectivity index (χ0n) is 9.88. The van der Waals surface area contributed by atoms with Gasteiger partial charge < -0.3 is 5.11 Å². The fraction of sp³-hybridized carbons (Fsp3) is 0.308. The number of aliphatic hydroxyl groups excluding tert-OH is 1. The lowest BCUT2D eigenvalue weighted by molar-refractivity contribution is -0.122. The molecule has 1 aromatic heterocycles. The molecule has 0 saturated carbocycles. The van der Waals surface area contributed by atoms with Gasteiger partial charge in [-0.05, 0) is 12.1 Å². The summed E-state index contributed by atoms with van der Waals surface area (Å²) in [4.78, 5) is 28.7. The van der Waals surface area contributed by atoms with Crippen LogP contribution < -0.4 is 4.90 Å². The maximum Gasteiger partial charge on any atom is 0.238 e. The molecule has 0 spiro atoms. The van der Waals surface area contributed by atoms with Crippen LogP contribution in [-0.2, 0) is 9.59 Å². The van der Waals surface area contributed by atoms with Gasteiger partial charge in [0.15, 0.2) is 0 Å². The third kappa shape index (κ3) is 2.24. The summed E-state index contributed by atoms with van der Waals surface area (Å²) in [7, 11) is 0. The van der Waals surface area contributed by atoms with Gasteiger partial charge in [-0.15, -0.1) is 0 Å². The van der Waals surface area contributed by atoms with Crippen molar-refractivity contribution in [3.8, 4) is 11.8 Å². The number of aliphatic hydroxyl groups is 1. The van der Waals surface area contributed by atoms with E-state index >= 15 is 0 Å². The quantitative estimate of drug-likeness (QED) is 0.570. The number of aromatic nitrogens is 1. The average molecular weight is 244 g/mol.